The van der Waals surface area contributed by atoms with Crippen molar-refractivity contribution < 1.29 is 0 Å². The molecule has 0 amide bonds. The summed E-state index contributed by atoms with van der Waals surface area (Å²) in [5.74, 6) is 1.81. The third-order valence-corrected chi connectivity index (χ3v) is 15.5. The Morgan fingerprint density at radius 2 is 0.747 bits per heavy atom. The second-order valence-electron chi connectivity index (χ2n) is 19.5. The lowest BCUT2D eigenvalue weighted by Crippen LogP contribution is -2.36. The molecule has 0 unspecified atom stereocenters. The second-order valence-corrected chi connectivity index (χ2v) is 19.5. The first-order valence-corrected chi connectivity index (χ1v) is 25.6. The normalized spacial score (nSPS) is 12.9. The van der Waals surface area contributed by atoms with Crippen LogP contribution in [0.5, 0.6) is 0 Å². The summed E-state index contributed by atoms with van der Waals surface area (Å²) in [6, 6.07) is 98.4. The summed E-state index contributed by atoms with van der Waals surface area (Å²) in [4.78, 5) is 17.9. The Labute approximate surface area is 435 Å². The smallest absolute Gasteiger partial charge is 0.238 e. The maximum atomic E-state index is 5.29. The van der Waals surface area contributed by atoms with E-state index in [0.29, 0.717) is 17.6 Å². The molecule has 0 N–H and O–H groups in total. The molecule has 0 saturated carbocycles. The lowest BCUT2D eigenvalue weighted by Gasteiger charge is -2.44. The van der Waals surface area contributed by atoms with Gasteiger partial charge in [0.25, 0.3) is 0 Å². The van der Waals surface area contributed by atoms with Gasteiger partial charge in [0, 0.05) is 27.6 Å². The lowest BCUT2D eigenvalue weighted by molar-refractivity contribution is 0.749. The van der Waals surface area contributed by atoms with Crippen molar-refractivity contribution in [3.8, 4) is 73.0 Å². The van der Waals surface area contributed by atoms with Gasteiger partial charge in [-0.15, -0.1) is 0 Å². The topological polar surface area (TPSA) is 46.8 Å². The summed E-state index contributed by atoms with van der Waals surface area (Å²) >= 11 is 0. The Bertz CT molecular complexity index is 4250. The molecule has 1 aliphatic heterocycles. The molecule has 1 aliphatic carbocycles. The van der Waals surface area contributed by atoms with E-state index in [2.05, 4.69) is 246 Å². The molecule has 13 aromatic rings. The van der Waals surface area contributed by atoms with Gasteiger partial charge >= 0.3 is 0 Å². The third kappa shape index (κ3) is 6.68. The molecule has 1 spiro atoms. The Morgan fingerprint density at radius 3 is 1.41 bits per heavy atom. The quantitative estimate of drug-likeness (QED) is 0.160. The number of rotatable bonds is 7. The van der Waals surface area contributed by atoms with Gasteiger partial charge in [-0.2, -0.15) is 9.97 Å². The molecule has 75 heavy (non-hydrogen) atoms. The molecular weight excluding hydrogens is 911 g/mol. The molecule has 350 valence electrons. The lowest BCUT2D eigenvalue weighted by atomic mass is 9.64. The maximum absolute atomic E-state index is 5.29. The van der Waals surface area contributed by atoms with Crippen LogP contribution in [-0.2, 0) is 5.41 Å². The molecule has 0 bridgehead atoms. The molecule has 0 radical (unpaired) electrons. The number of hydrogen-bond donors (Lipinski definition) is 0. The zero-order chi connectivity index (χ0) is 49.5. The van der Waals surface area contributed by atoms with Crippen molar-refractivity contribution in [2.24, 2.45) is 0 Å². The number of hydrogen-bond acceptors (Lipinski definition) is 4. The molecule has 2 aliphatic rings. The third-order valence-electron chi connectivity index (χ3n) is 15.5. The second kappa shape index (κ2) is 17.1. The number of fused-ring (bicyclic) bond motifs is 12. The van der Waals surface area contributed by atoms with Crippen molar-refractivity contribution in [2.45, 2.75) is 5.41 Å². The fourth-order valence-corrected chi connectivity index (χ4v) is 12.1. The van der Waals surface area contributed by atoms with Gasteiger partial charge < -0.3 is 4.57 Å². The van der Waals surface area contributed by atoms with Crippen LogP contribution >= 0.6 is 0 Å². The highest BCUT2D eigenvalue weighted by Crippen LogP contribution is 2.63. The predicted octanol–water partition coefficient (Wildman–Crippen LogP) is 17.4. The van der Waals surface area contributed by atoms with Gasteiger partial charge in [0.15, 0.2) is 11.6 Å². The molecule has 2 aromatic heterocycles. The van der Waals surface area contributed by atoms with E-state index in [1.165, 1.54) is 83.0 Å². The first kappa shape index (κ1) is 42.7. The van der Waals surface area contributed by atoms with Crippen molar-refractivity contribution in [3.63, 3.8) is 0 Å². The summed E-state index contributed by atoms with van der Waals surface area (Å²) in [5.41, 5.74) is 21.2. The summed E-state index contributed by atoms with van der Waals surface area (Å²) in [7, 11) is 0. The van der Waals surface area contributed by atoms with Crippen LogP contribution < -0.4 is 4.90 Å². The van der Waals surface area contributed by atoms with E-state index in [1.807, 2.05) is 36.4 Å². The summed E-state index contributed by atoms with van der Waals surface area (Å²) < 4.78 is 2.40. The first-order chi connectivity index (χ1) is 37.2. The Morgan fingerprint density at radius 1 is 0.280 bits per heavy atom. The van der Waals surface area contributed by atoms with Gasteiger partial charge in [-0.3, -0.25) is 4.90 Å². The molecule has 0 saturated heterocycles. The summed E-state index contributed by atoms with van der Waals surface area (Å²) in [5, 5.41) is 2.47. The number of anilines is 3. The van der Waals surface area contributed by atoms with E-state index in [4.69, 9.17) is 15.0 Å². The Hall–Kier alpha value is -9.97. The highest BCUT2D eigenvalue weighted by Gasteiger charge is 2.52. The van der Waals surface area contributed by atoms with Crippen LogP contribution in [0.4, 0.5) is 17.3 Å². The van der Waals surface area contributed by atoms with Crippen LogP contribution in [-0.4, -0.2) is 19.5 Å². The fraction of sp³-hybridized carbons (Fsp3) is 0.0143. The van der Waals surface area contributed by atoms with Crippen LogP contribution in [0.3, 0.4) is 0 Å². The average Bonchev–Trinajstić information content (AvgIpc) is 3.99. The largest absolute Gasteiger partial charge is 0.309 e. The van der Waals surface area contributed by atoms with Crippen LogP contribution in [0.25, 0.3) is 94.8 Å². The highest BCUT2D eigenvalue weighted by atomic mass is 15.3. The van der Waals surface area contributed by atoms with Crippen LogP contribution in [0.2, 0.25) is 0 Å². The minimum absolute atomic E-state index is 0.566. The minimum atomic E-state index is -0.638. The summed E-state index contributed by atoms with van der Waals surface area (Å²) in [6.45, 7) is 0. The molecule has 5 heteroatoms. The van der Waals surface area contributed by atoms with E-state index < -0.39 is 5.41 Å². The van der Waals surface area contributed by atoms with Crippen molar-refractivity contribution >= 4 is 39.1 Å². The minimum Gasteiger partial charge on any atom is -0.309 e. The van der Waals surface area contributed by atoms with E-state index in [-0.39, 0.29) is 0 Å². The molecule has 11 aromatic carbocycles. The zero-order valence-corrected chi connectivity index (χ0v) is 40.7. The van der Waals surface area contributed by atoms with Gasteiger partial charge in [-0.1, -0.05) is 224 Å². The summed E-state index contributed by atoms with van der Waals surface area (Å²) in [6.07, 6.45) is 0. The monoisotopic (exact) mass is 955 g/mol. The SMILES string of the molecule is c1ccc(-c2cccc(-n3c4ccccc4c4cc(-c5ccc(-c6ccc7c(c6)C6(c8ccccc8-7)c7ccccc7N(c7nc(-c8ccccc8)nc(-c8ccccc8)n7)c7ccccc76)cc5)ccc43)c2)cc1. The zero-order valence-electron chi connectivity index (χ0n) is 40.7. The maximum Gasteiger partial charge on any atom is 0.238 e. The molecule has 15 rings (SSSR count). The van der Waals surface area contributed by atoms with E-state index in [0.717, 1.165) is 33.8 Å². The highest BCUT2D eigenvalue weighted by molar-refractivity contribution is 6.10. The number of aromatic nitrogens is 4. The average molecular weight is 956 g/mol. The van der Waals surface area contributed by atoms with Crippen LogP contribution in [0, 0.1) is 0 Å². The molecule has 3 heterocycles. The Balaban J connectivity index is 0.845. The molecular formula is C70H45N5. The molecule has 5 nitrogen and oxygen atoms in total. The van der Waals surface area contributed by atoms with Crippen LogP contribution in [0.15, 0.2) is 273 Å². The van der Waals surface area contributed by atoms with E-state index in [9.17, 15) is 0 Å². The number of para-hydroxylation sites is 3. The van der Waals surface area contributed by atoms with Gasteiger partial charge in [-0.05, 0) is 115 Å². The number of nitrogens with zero attached hydrogens (tertiary/aromatic N) is 5. The van der Waals surface area contributed by atoms with E-state index >= 15 is 0 Å². The van der Waals surface area contributed by atoms with Gasteiger partial charge in [0.1, 0.15) is 0 Å². The number of benzene rings is 11. The van der Waals surface area contributed by atoms with Crippen molar-refractivity contribution in [3.05, 3.63) is 295 Å². The van der Waals surface area contributed by atoms with Crippen LogP contribution in [0.1, 0.15) is 22.3 Å². The van der Waals surface area contributed by atoms with Crippen molar-refractivity contribution in [1.82, 2.24) is 19.5 Å². The van der Waals surface area contributed by atoms with Crippen molar-refractivity contribution in [2.75, 3.05) is 4.90 Å². The fourth-order valence-electron chi connectivity index (χ4n) is 12.1. The van der Waals surface area contributed by atoms with Gasteiger partial charge in [0.05, 0.1) is 27.8 Å². The van der Waals surface area contributed by atoms with Gasteiger partial charge in [-0.25, -0.2) is 4.98 Å². The molecule has 0 atom stereocenters. The predicted molar refractivity (Wildman–Crippen MR) is 307 cm³/mol. The van der Waals surface area contributed by atoms with Crippen molar-refractivity contribution in [1.29, 1.82) is 0 Å². The molecule has 0 fully saturated rings. The Kier molecular flexibility index (Phi) is 9.72. The van der Waals surface area contributed by atoms with E-state index in [1.54, 1.807) is 0 Å². The van der Waals surface area contributed by atoms with Gasteiger partial charge in [0.2, 0.25) is 5.95 Å². The standard InChI is InChI=1S/C70H45N5/c1-4-19-46(20-5-1)51-25-18-26-54(43-51)74-63-32-15-11-28-57(63)58-44-52(40-42-64(58)74)47-35-37-48(38-36-47)53-39-41-56-55-27-10-12-29-59(55)70(62(56)45-53)60-30-13-16-33-65(60)75(66-34-17-14-31-61(66)70)69-72-67(49-21-6-2-7-22-49)71-68(73-69)50-23-8-3-9-24-50/h1-45H. The first-order valence-electron chi connectivity index (χ1n) is 25.6.